The van der Waals surface area contributed by atoms with E-state index in [-0.39, 0.29) is 27.4 Å². The van der Waals surface area contributed by atoms with Crippen LogP contribution < -0.4 is 5.73 Å². The van der Waals surface area contributed by atoms with E-state index in [1.165, 1.54) is 0 Å². The largest absolute Gasteiger partial charge is 0.505 e. The molecule has 5 heteroatoms. The monoisotopic (exact) mass is 288 g/mol. The molecule has 1 saturated carbocycles. The third-order valence-electron chi connectivity index (χ3n) is 3.62. The fourth-order valence-electron chi connectivity index (χ4n) is 2.34. The van der Waals surface area contributed by atoms with Crippen LogP contribution in [0.1, 0.15) is 18.4 Å². The zero-order valence-corrected chi connectivity index (χ0v) is 12.1. The molecule has 100 valence electrons. The molecule has 3 N–H and O–H groups in total. The van der Waals surface area contributed by atoms with Crippen molar-refractivity contribution in [2.24, 2.45) is 5.73 Å². The van der Waals surface area contributed by atoms with Crippen LogP contribution in [0.15, 0.2) is 12.1 Å². The Morgan fingerprint density at radius 3 is 2.22 bits per heavy atom. The van der Waals surface area contributed by atoms with Crippen molar-refractivity contribution in [1.29, 1.82) is 0 Å². The molecule has 0 radical (unpaired) electrons. The SMILES string of the molecule is CN(C)C(Cc1cc(Cl)c(O)c(Cl)c1)C1(N)CC1. The van der Waals surface area contributed by atoms with Gasteiger partial charge in [0.25, 0.3) is 0 Å². The second-order valence-electron chi connectivity index (χ2n) is 5.32. The molecule has 18 heavy (non-hydrogen) atoms. The second kappa shape index (κ2) is 4.89. The Bertz CT molecular complexity index is 435. The maximum atomic E-state index is 9.55. The Kier molecular flexibility index (Phi) is 3.79. The average Bonchev–Trinajstić information content (AvgIpc) is 3.01. The maximum Gasteiger partial charge on any atom is 0.152 e. The predicted molar refractivity (Wildman–Crippen MR) is 75.5 cm³/mol. The molecule has 1 aliphatic rings. The van der Waals surface area contributed by atoms with Crippen LogP contribution in [0.25, 0.3) is 0 Å². The summed E-state index contributed by atoms with van der Waals surface area (Å²) in [6, 6.07) is 3.77. The van der Waals surface area contributed by atoms with Crippen LogP contribution in [0.3, 0.4) is 0 Å². The number of aromatic hydroxyl groups is 1. The first-order valence-electron chi connectivity index (χ1n) is 5.96. The third kappa shape index (κ3) is 2.75. The standard InChI is InChI=1S/C13H18Cl2N2O/c1-17(2)11(13(16)3-4-13)7-8-5-9(14)12(18)10(15)6-8/h5-6,11,18H,3-4,7,16H2,1-2H3. The summed E-state index contributed by atoms with van der Waals surface area (Å²) in [6.07, 6.45) is 2.88. The summed E-state index contributed by atoms with van der Waals surface area (Å²) >= 11 is 11.9. The number of likely N-dealkylation sites (N-methyl/N-ethyl adjacent to an activating group) is 1. The molecule has 0 saturated heterocycles. The quantitative estimate of drug-likeness (QED) is 0.896. The van der Waals surface area contributed by atoms with Crippen LogP contribution >= 0.6 is 23.2 Å². The van der Waals surface area contributed by atoms with Crippen molar-refractivity contribution in [3.05, 3.63) is 27.7 Å². The van der Waals surface area contributed by atoms with Crippen LogP contribution in [-0.2, 0) is 6.42 Å². The summed E-state index contributed by atoms with van der Waals surface area (Å²) in [5.74, 6) is -0.0580. The number of benzene rings is 1. The van der Waals surface area contributed by atoms with Crippen LogP contribution in [0.5, 0.6) is 5.75 Å². The molecular formula is C13H18Cl2N2O. The van der Waals surface area contributed by atoms with Gasteiger partial charge in [-0.2, -0.15) is 0 Å². The summed E-state index contributed by atoms with van der Waals surface area (Å²) in [5.41, 5.74) is 7.19. The molecule has 1 aliphatic carbocycles. The molecular weight excluding hydrogens is 271 g/mol. The summed E-state index contributed by atoms with van der Waals surface area (Å²) in [5, 5.41) is 10.1. The fraction of sp³-hybridized carbons (Fsp3) is 0.538. The van der Waals surface area contributed by atoms with Crippen molar-refractivity contribution < 1.29 is 5.11 Å². The fourth-order valence-corrected chi connectivity index (χ4v) is 2.87. The molecule has 0 aromatic heterocycles. The lowest BCUT2D eigenvalue weighted by atomic mass is 9.97. The van der Waals surface area contributed by atoms with Gasteiger partial charge >= 0.3 is 0 Å². The van der Waals surface area contributed by atoms with Crippen LogP contribution in [-0.4, -0.2) is 35.7 Å². The number of nitrogens with zero attached hydrogens (tertiary/aromatic N) is 1. The lowest BCUT2D eigenvalue weighted by Gasteiger charge is -2.30. The summed E-state index contributed by atoms with van der Waals surface area (Å²) in [4.78, 5) is 2.14. The van der Waals surface area contributed by atoms with E-state index in [1.807, 2.05) is 14.1 Å². The predicted octanol–water partition coefficient (Wildman–Crippen LogP) is 2.66. The molecule has 0 aliphatic heterocycles. The number of hydrogen-bond acceptors (Lipinski definition) is 3. The summed E-state index contributed by atoms with van der Waals surface area (Å²) in [6.45, 7) is 0. The van der Waals surface area contributed by atoms with Gasteiger partial charge in [0.05, 0.1) is 10.0 Å². The highest BCUT2D eigenvalue weighted by Crippen LogP contribution is 2.40. The molecule has 0 bridgehead atoms. The topological polar surface area (TPSA) is 49.5 Å². The molecule has 1 aromatic rings. The first-order chi connectivity index (χ1) is 8.33. The van der Waals surface area contributed by atoms with Crippen LogP contribution in [0, 0.1) is 0 Å². The van der Waals surface area contributed by atoms with Crippen molar-refractivity contribution >= 4 is 23.2 Å². The van der Waals surface area contributed by atoms with Gasteiger partial charge in [-0.15, -0.1) is 0 Å². The Morgan fingerprint density at radius 1 is 1.33 bits per heavy atom. The molecule has 0 heterocycles. The number of halogens is 2. The van der Waals surface area contributed by atoms with Crippen molar-refractivity contribution in [3.8, 4) is 5.75 Å². The minimum Gasteiger partial charge on any atom is -0.505 e. The molecule has 1 fully saturated rings. The number of hydrogen-bond donors (Lipinski definition) is 2. The van der Waals surface area contributed by atoms with E-state index in [1.54, 1.807) is 12.1 Å². The van der Waals surface area contributed by atoms with Gasteiger partial charge < -0.3 is 15.7 Å². The van der Waals surface area contributed by atoms with Gasteiger partial charge in [0.15, 0.2) is 5.75 Å². The zero-order valence-electron chi connectivity index (χ0n) is 10.6. The van der Waals surface area contributed by atoms with E-state index < -0.39 is 0 Å². The minimum atomic E-state index is -0.0969. The summed E-state index contributed by atoms with van der Waals surface area (Å²) in [7, 11) is 4.06. The van der Waals surface area contributed by atoms with Gasteiger partial charge in [0.1, 0.15) is 0 Å². The number of rotatable bonds is 4. The highest BCUT2D eigenvalue weighted by molar-refractivity contribution is 6.37. The smallest absolute Gasteiger partial charge is 0.152 e. The van der Waals surface area contributed by atoms with E-state index in [9.17, 15) is 5.11 Å². The molecule has 1 aromatic carbocycles. The van der Waals surface area contributed by atoms with E-state index in [0.717, 1.165) is 24.8 Å². The Balaban J connectivity index is 2.22. The average molecular weight is 289 g/mol. The van der Waals surface area contributed by atoms with E-state index in [4.69, 9.17) is 28.9 Å². The maximum absolute atomic E-state index is 9.55. The minimum absolute atomic E-state index is 0.0580. The van der Waals surface area contributed by atoms with Gasteiger partial charge in [0, 0.05) is 11.6 Å². The normalized spacial score (nSPS) is 19.0. The highest BCUT2D eigenvalue weighted by atomic mass is 35.5. The molecule has 1 atom stereocenters. The first kappa shape index (κ1) is 13.9. The number of nitrogens with two attached hydrogens (primary N) is 1. The van der Waals surface area contributed by atoms with Crippen LogP contribution in [0.2, 0.25) is 10.0 Å². The first-order valence-corrected chi connectivity index (χ1v) is 6.71. The lowest BCUT2D eigenvalue weighted by molar-refractivity contribution is 0.240. The number of phenols is 1. The molecule has 0 amide bonds. The van der Waals surface area contributed by atoms with Gasteiger partial charge in [0.2, 0.25) is 0 Å². The van der Waals surface area contributed by atoms with Crippen molar-refractivity contribution in [1.82, 2.24) is 4.90 Å². The van der Waals surface area contributed by atoms with E-state index in [0.29, 0.717) is 0 Å². The van der Waals surface area contributed by atoms with E-state index >= 15 is 0 Å². The van der Waals surface area contributed by atoms with Crippen molar-refractivity contribution in [2.75, 3.05) is 14.1 Å². The Morgan fingerprint density at radius 2 is 1.83 bits per heavy atom. The lowest BCUT2D eigenvalue weighted by Crippen LogP contribution is -2.47. The third-order valence-corrected chi connectivity index (χ3v) is 4.20. The van der Waals surface area contributed by atoms with Crippen molar-refractivity contribution in [3.63, 3.8) is 0 Å². The van der Waals surface area contributed by atoms with Gasteiger partial charge in [-0.3, -0.25) is 0 Å². The molecule has 2 rings (SSSR count). The van der Waals surface area contributed by atoms with Gasteiger partial charge in [-0.25, -0.2) is 0 Å². The number of phenolic OH excluding ortho intramolecular Hbond substituents is 1. The van der Waals surface area contributed by atoms with Gasteiger partial charge in [-0.1, -0.05) is 23.2 Å². The molecule has 3 nitrogen and oxygen atoms in total. The summed E-state index contributed by atoms with van der Waals surface area (Å²) < 4.78 is 0. The van der Waals surface area contributed by atoms with E-state index in [2.05, 4.69) is 4.90 Å². The highest BCUT2D eigenvalue weighted by Gasteiger charge is 2.46. The molecule has 1 unspecified atom stereocenters. The second-order valence-corrected chi connectivity index (χ2v) is 6.14. The molecule has 0 spiro atoms. The zero-order chi connectivity index (χ0) is 13.5. The Labute approximate surface area is 117 Å². The van der Waals surface area contributed by atoms with Crippen LogP contribution in [0.4, 0.5) is 0 Å². The van der Waals surface area contributed by atoms with Gasteiger partial charge in [-0.05, 0) is 51.1 Å². The van der Waals surface area contributed by atoms with Crippen molar-refractivity contribution in [2.45, 2.75) is 30.8 Å². The Hall–Kier alpha value is -0.480.